The van der Waals surface area contributed by atoms with E-state index in [1.807, 2.05) is 0 Å². The molecule has 0 aromatic heterocycles. The first-order valence-corrected chi connectivity index (χ1v) is 3.47. The molecule has 4 radical (unpaired) electrons. The van der Waals surface area contributed by atoms with Gasteiger partial charge in [-0.15, -0.1) is 0 Å². The molecule has 9 heavy (non-hydrogen) atoms. The standard InChI is InChI=1S/C8H15N/c1-4-7-9(6-3)8-5-2/h1-2H,4-8H2,3H3. The molecule has 0 amide bonds. The van der Waals surface area contributed by atoms with E-state index >= 15 is 0 Å². The van der Waals surface area contributed by atoms with Gasteiger partial charge in [0.05, 0.1) is 0 Å². The molecule has 1 nitrogen and oxygen atoms in total. The Morgan fingerprint density at radius 2 is 1.56 bits per heavy atom. The van der Waals surface area contributed by atoms with Crippen molar-refractivity contribution < 1.29 is 0 Å². The summed E-state index contributed by atoms with van der Waals surface area (Å²) in [6, 6.07) is 0. The molecule has 0 heterocycles. The molecule has 0 saturated carbocycles. The molecule has 0 aromatic carbocycles. The summed E-state index contributed by atoms with van der Waals surface area (Å²) in [4.78, 5) is 2.24. The molecule has 0 rings (SSSR count). The first-order chi connectivity index (χ1) is 4.35. The third-order valence-corrected chi connectivity index (χ3v) is 1.34. The van der Waals surface area contributed by atoms with Crippen molar-refractivity contribution in [1.29, 1.82) is 0 Å². The van der Waals surface area contributed by atoms with E-state index in [9.17, 15) is 0 Å². The van der Waals surface area contributed by atoms with Crippen LogP contribution in [0.15, 0.2) is 0 Å². The van der Waals surface area contributed by atoms with Crippen LogP contribution in [0.25, 0.3) is 0 Å². The third kappa shape index (κ3) is 4.46. The molecule has 0 fully saturated rings. The number of rotatable bonds is 5. The lowest BCUT2D eigenvalue weighted by atomic mass is 10.3. The van der Waals surface area contributed by atoms with Crippen LogP contribution >= 0.6 is 0 Å². The van der Waals surface area contributed by atoms with Gasteiger partial charge in [0, 0.05) is 0 Å². The van der Waals surface area contributed by atoms with Gasteiger partial charge >= 0.3 is 0 Å². The molecular formula is C8H15N. The van der Waals surface area contributed by atoms with Gasteiger partial charge in [-0.1, -0.05) is 6.92 Å². The lowest BCUT2D eigenvalue weighted by Crippen LogP contribution is -2.24. The Hall–Kier alpha value is -0.0400. The van der Waals surface area contributed by atoms with Crippen molar-refractivity contribution in [1.82, 2.24) is 4.90 Å². The minimum atomic E-state index is 0.730. The van der Waals surface area contributed by atoms with Gasteiger partial charge in [-0.05, 0) is 46.3 Å². The summed E-state index contributed by atoms with van der Waals surface area (Å²) in [5.41, 5.74) is 0. The second-order valence-corrected chi connectivity index (χ2v) is 2.01. The van der Waals surface area contributed by atoms with Crippen LogP contribution in [0, 0.1) is 13.8 Å². The first-order valence-electron chi connectivity index (χ1n) is 3.47. The van der Waals surface area contributed by atoms with Crippen LogP contribution in [0.5, 0.6) is 0 Å². The van der Waals surface area contributed by atoms with Gasteiger partial charge in [-0.3, -0.25) is 0 Å². The maximum Gasteiger partial charge on any atom is -0.00160 e. The number of nitrogens with zero attached hydrogens (tertiary/aromatic N) is 1. The Balaban J connectivity index is 3.18. The lowest BCUT2D eigenvalue weighted by molar-refractivity contribution is 0.299. The largest absolute Gasteiger partial charge is 0.304 e. The summed E-state index contributed by atoms with van der Waals surface area (Å²) in [5, 5.41) is 0. The molecule has 0 atom stereocenters. The lowest BCUT2D eigenvalue weighted by Gasteiger charge is -2.17. The fraction of sp³-hybridized carbons (Fsp3) is 0.750. The Morgan fingerprint density at radius 1 is 1.11 bits per heavy atom. The molecule has 52 valence electrons. The van der Waals surface area contributed by atoms with Gasteiger partial charge in [0.25, 0.3) is 0 Å². The Labute approximate surface area is 59.1 Å². The topological polar surface area (TPSA) is 3.24 Å². The van der Waals surface area contributed by atoms with E-state index in [0.717, 1.165) is 32.5 Å². The fourth-order valence-electron chi connectivity index (χ4n) is 0.793. The predicted octanol–water partition coefficient (Wildman–Crippen LogP) is 1.51. The highest BCUT2D eigenvalue weighted by molar-refractivity contribution is 4.56. The summed E-state index contributed by atoms with van der Waals surface area (Å²) in [6.07, 6.45) is 1.46. The SMILES string of the molecule is [CH]CCN(CC)CC[CH]. The third-order valence-electron chi connectivity index (χ3n) is 1.34. The Bertz CT molecular complexity index is 46.5. The second kappa shape index (κ2) is 6.09. The summed E-state index contributed by atoms with van der Waals surface area (Å²) >= 11 is 0. The second-order valence-electron chi connectivity index (χ2n) is 2.01. The van der Waals surface area contributed by atoms with Crippen LogP contribution in [0.3, 0.4) is 0 Å². The molecule has 0 aromatic rings. The molecule has 0 spiro atoms. The van der Waals surface area contributed by atoms with E-state index in [2.05, 4.69) is 11.8 Å². The van der Waals surface area contributed by atoms with Crippen LogP contribution in [0.2, 0.25) is 0 Å². The summed E-state index contributed by atoms with van der Waals surface area (Å²) < 4.78 is 0. The molecule has 0 aliphatic carbocycles. The predicted molar refractivity (Wildman–Crippen MR) is 39.9 cm³/mol. The fourth-order valence-corrected chi connectivity index (χ4v) is 0.793. The zero-order chi connectivity index (χ0) is 7.11. The smallest absolute Gasteiger partial charge is 0.00160 e. The quantitative estimate of drug-likeness (QED) is 0.538. The van der Waals surface area contributed by atoms with E-state index in [1.54, 1.807) is 0 Å². The van der Waals surface area contributed by atoms with E-state index in [1.165, 1.54) is 0 Å². The first kappa shape index (κ1) is 8.96. The van der Waals surface area contributed by atoms with Gasteiger partial charge in [-0.2, -0.15) is 0 Å². The van der Waals surface area contributed by atoms with E-state index in [0.29, 0.717) is 0 Å². The van der Waals surface area contributed by atoms with Gasteiger partial charge in [0.15, 0.2) is 0 Å². The van der Waals surface area contributed by atoms with Crippen LogP contribution < -0.4 is 0 Å². The summed E-state index contributed by atoms with van der Waals surface area (Å²) in [6.45, 7) is 15.8. The van der Waals surface area contributed by atoms with Crippen molar-refractivity contribution in [3.8, 4) is 0 Å². The molecule has 0 unspecified atom stereocenters. The summed E-state index contributed by atoms with van der Waals surface area (Å²) in [5.74, 6) is 0. The summed E-state index contributed by atoms with van der Waals surface area (Å²) in [7, 11) is 0. The number of hydrogen-bond acceptors (Lipinski definition) is 1. The highest BCUT2D eigenvalue weighted by atomic mass is 15.1. The van der Waals surface area contributed by atoms with Gasteiger partial charge in [0.1, 0.15) is 0 Å². The van der Waals surface area contributed by atoms with Gasteiger partial charge in [0.2, 0.25) is 0 Å². The van der Waals surface area contributed by atoms with Gasteiger partial charge in [-0.25, -0.2) is 0 Å². The molecule has 0 aliphatic rings. The van der Waals surface area contributed by atoms with Crippen molar-refractivity contribution in [2.75, 3.05) is 19.6 Å². The van der Waals surface area contributed by atoms with Crippen LogP contribution in [-0.4, -0.2) is 24.5 Å². The van der Waals surface area contributed by atoms with Crippen LogP contribution in [0.1, 0.15) is 19.8 Å². The molecule has 1 heteroatoms. The van der Waals surface area contributed by atoms with Crippen molar-refractivity contribution in [3.05, 3.63) is 13.8 Å². The maximum absolute atomic E-state index is 5.35. The number of hydrogen-bond donors (Lipinski definition) is 0. The van der Waals surface area contributed by atoms with Gasteiger partial charge < -0.3 is 4.90 Å². The Kier molecular flexibility index (Phi) is 6.06. The van der Waals surface area contributed by atoms with Crippen molar-refractivity contribution in [2.45, 2.75) is 19.8 Å². The molecular weight excluding hydrogens is 110 g/mol. The molecule has 0 saturated heterocycles. The van der Waals surface area contributed by atoms with Crippen molar-refractivity contribution >= 4 is 0 Å². The highest BCUT2D eigenvalue weighted by Crippen LogP contribution is 1.91. The highest BCUT2D eigenvalue weighted by Gasteiger charge is 1.95. The average molecular weight is 125 g/mol. The van der Waals surface area contributed by atoms with E-state index < -0.39 is 0 Å². The average Bonchev–Trinajstić information content (AvgIpc) is 1.88. The van der Waals surface area contributed by atoms with Crippen LogP contribution in [-0.2, 0) is 0 Å². The van der Waals surface area contributed by atoms with Crippen molar-refractivity contribution in [3.63, 3.8) is 0 Å². The molecule has 0 aliphatic heterocycles. The monoisotopic (exact) mass is 125 g/mol. The zero-order valence-corrected chi connectivity index (χ0v) is 6.14. The minimum Gasteiger partial charge on any atom is -0.304 e. The Morgan fingerprint density at radius 3 is 1.78 bits per heavy atom. The molecule has 0 bridgehead atoms. The van der Waals surface area contributed by atoms with Crippen molar-refractivity contribution in [2.24, 2.45) is 0 Å². The van der Waals surface area contributed by atoms with Crippen LogP contribution in [0.4, 0.5) is 0 Å². The normalized spacial score (nSPS) is 10.7. The van der Waals surface area contributed by atoms with E-state index in [-0.39, 0.29) is 0 Å². The minimum absolute atomic E-state index is 0.730. The maximum atomic E-state index is 5.35. The molecule has 0 N–H and O–H groups in total. The van der Waals surface area contributed by atoms with E-state index in [4.69, 9.17) is 13.8 Å². The zero-order valence-electron chi connectivity index (χ0n) is 6.14.